The lowest BCUT2D eigenvalue weighted by Crippen LogP contribution is -2.55. The van der Waals surface area contributed by atoms with Crippen LogP contribution in [0, 0.1) is 0 Å². The SMILES string of the molecule is C[C@@H](CN1C[C@@H](O)[C@H](O)[C@@H](O)C1)c1ccccc1. The zero-order valence-corrected chi connectivity index (χ0v) is 10.6. The largest absolute Gasteiger partial charge is 0.389 e. The first-order valence-corrected chi connectivity index (χ1v) is 6.39. The molecule has 1 aliphatic heterocycles. The second-order valence-corrected chi connectivity index (χ2v) is 5.16. The molecule has 1 aromatic rings. The van der Waals surface area contributed by atoms with Gasteiger partial charge in [-0.25, -0.2) is 0 Å². The topological polar surface area (TPSA) is 63.9 Å². The van der Waals surface area contributed by atoms with Crippen LogP contribution >= 0.6 is 0 Å². The molecule has 2 rings (SSSR count). The summed E-state index contributed by atoms with van der Waals surface area (Å²) >= 11 is 0. The Morgan fingerprint density at radius 2 is 1.67 bits per heavy atom. The molecule has 0 unspecified atom stereocenters. The molecule has 4 atom stereocenters. The Morgan fingerprint density at radius 1 is 1.11 bits per heavy atom. The molecule has 0 radical (unpaired) electrons. The first-order chi connectivity index (χ1) is 8.58. The molecule has 1 heterocycles. The molecule has 0 bridgehead atoms. The Kier molecular flexibility index (Phi) is 4.35. The van der Waals surface area contributed by atoms with Gasteiger partial charge in [0.15, 0.2) is 0 Å². The summed E-state index contributed by atoms with van der Waals surface area (Å²) in [6.07, 6.45) is -2.75. The molecule has 100 valence electrons. The van der Waals surface area contributed by atoms with E-state index in [0.717, 1.165) is 6.54 Å². The van der Waals surface area contributed by atoms with Crippen LogP contribution < -0.4 is 0 Å². The fourth-order valence-electron chi connectivity index (χ4n) is 2.50. The number of benzene rings is 1. The number of aliphatic hydroxyl groups is 3. The summed E-state index contributed by atoms with van der Waals surface area (Å²) < 4.78 is 0. The highest BCUT2D eigenvalue weighted by molar-refractivity contribution is 5.19. The Balaban J connectivity index is 1.94. The highest BCUT2D eigenvalue weighted by atomic mass is 16.4. The van der Waals surface area contributed by atoms with Crippen LogP contribution in [0.25, 0.3) is 0 Å². The normalized spacial score (nSPS) is 31.2. The molecule has 0 spiro atoms. The van der Waals surface area contributed by atoms with Crippen LogP contribution in [-0.4, -0.2) is 58.2 Å². The molecule has 0 aromatic heterocycles. The van der Waals surface area contributed by atoms with E-state index >= 15 is 0 Å². The molecular weight excluding hydrogens is 230 g/mol. The van der Waals surface area contributed by atoms with Crippen LogP contribution in [0.1, 0.15) is 18.4 Å². The summed E-state index contributed by atoms with van der Waals surface area (Å²) in [5.74, 6) is 0.334. The zero-order chi connectivity index (χ0) is 13.1. The van der Waals surface area contributed by atoms with E-state index in [9.17, 15) is 15.3 Å². The predicted molar refractivity (Wildman–Crippen MR) is 69.3 cm³/mol. The minimum atomic E-state index is -1.02. The van der Waals surface area contributed by atoms with Gasteiger partial charge in [-0.05, 0) is 11.5 Å². The lowest BCUT2D eigenvalue weighted by molar-refractivity contribution is -0.110. The van der Waals surface area contributed by atoms with Crippen LogP contribution in [0.5, 0.6) is 0 Å². The van der Waals surface area contributed by atoms with Crippen molar-refractivity contribution in [3.63, 3.8) is 0 Å². The molecule has 0 aliphatic carbocycles. The predicted octanol–water partition coefficient (Wildman–Crippen LogP) is 0.188. The Hall–Kier alpha value is -0.940. The fraction of sp³-hybridized carbons (Fsp3) is 0.571. The fourth-order valence-corrected chi connectivity index (χ4v) is 2.50. The van der Waals surface area contributed by atoms with Gasteiger partial charge in [0.1, 0.15) is 6.10 Å². The van der Waals surface area contributed by atoms with Crippen LogP contribution in [0.4, 0.5) is 0 Å². The van der Waals surface area contributed by atoms with Crippen LogP contribution in [0.2, 0.25) is 0 Å². The van der Waals surface area contributed by atoms with Crippen molar-refractivity contribution in [2.45, 2.75) is 31.2 Å². The quantitative estimate of drug-likeness (QED) is 0.717. The van der Waals surface area contributed by atoms with Gasteiger partial charge in [0.2, 0.25) is 0 Å². The Morgan fingerprint density at radius 3 is 2.22 bits per heavy atom. The van der Waals surface area contributed by atoms with E-state index in [1.165, 1.54) is 5.56 Å². The van der Waals surface area contributed by atoms with Gasteiger partial charge in [0.05, 0.1) is 12.2 Å². The van der Waals surface area contributed by atoms with E-state index in [0.29, 0.717) is 19.0 Å². The van der Waals surface area contributed by atoms with Crippen molar-refractivity contribution in [2.75, 3.05) is 19.6 Å². The summed E-state index contributed by atoms with van der Waals surface area (Å²) in [7, 11) is 0. The third kappa shape index (κ3) is 3.09. The molecule has 3 N–H and O–H groups in total. The average Bonchev–Trinajstić information content (AvgIpc) is 2.37. The first kappa shape index (κ1) is 13.5. The van der Waals surface area contributed by atoms with Crippen molar-refractivity contribution in [3.8, 4) is 0 Å². The van der Waals surface area contributed by atoms with Crippen LogP contribution in [0.3, 0.4) is 0 Å². The lowest BCUT2D eigenvalue weighted by Gasteiger charge is -2.38. The molecule has 18 heavy (non-hydrogen) atoms. The second-order valence-electron chi connectivity index (χ2n) is 5.16. The number of piperidine rings is 1. The molecule has 1 aliphatic rings. The number of nitrogens with zero attached hydrogens (tertiary/aromatic N) is 1. The number of rotatable bonds is 3. The maximum absolute atomic E-state index is 9.65. The molecule has 0 amide bonds. The van der Waals surface area contributed by atoms with E-state index in [-0.39, 0.29) is 0 Å². The van der Waals surface area contributed by atoms with Gasteiger partial charge in [-0.1, -0.05) is 37.3 Å². The number of aliphatic hydroxyl groups excluding tert-OH is 3. The van der Waals surface area contributed by atoms with Gasteiger partial charge in [-0.15, -0.1) is 0 Å². The summed E-state index contributed by atoms with van der Waals surface area (Å²) in [6.45, 7) is 3.72. The molecule has 4 heteroatoms. The number of hydrogen-bond donors (Lipinski definition) is 3. The highest BCUT2D eigenvalue weighted by Gasteiger charge is 2.33. The average molecular weight is 251 g/mol. The van der Waals surface area contributed by atoms with Gasteiger partial charge in [-0.3, -0.25) is 4.90 Å². The minimum Gasteiger partial charge on any atom is -0.389 e. The van der Waals surface area contributed by atoms with E-state index in [1.807, 2.05) is 23.1 Å². The van der Waals surface area contributed by atoms with Crippen LogP contribution in [0.15, 0.2) is 30.3 Å². The van der Waals surface area contributed by atoms with Crippen molar-refractivity contribution >= 4 is 0 Å². The Labute approximate surface area is 107 Å². The van der Waals surface area contributed by atoms with Gasteiger partial charge < -0.3 is 15.3 Å². The Bertz CT molecular complexity index is 359. The summed E-state index contributed by atoms with van der Waals surface area (Å²) in [4.78, 5) is 2.00. The molecule has 1 saturated heterocycles. The van der Waals surface area contributed by atoms with Crippen molar-refractivity contribution < 1.29 is 15.3 Å². The summed E-state index contributed by atoms with van der Waals surface area (Å²) in [6, 6.07) is 10.2. The summed E-state index contributed by atoms with van der Waals surface area (Å²) in [5, 5.41) is 28.8. The molecule has 1 fully saturated rings. The second kappa shape index (κ2) is 5.80. The van der Waals surface area contributed by atoms with Gasteiger partial charge in [0.25, 0.3) is 0 Å². The maximum atomic E-state index is 9.65. The zero-order valence-electron chi connectivity index (χ0n) is 10.6. The molecule has 0 saturated carbocycles. The van der Waals surface area contributed by atoms with E-state index in [1.54, 1.807) is 0 Å². The first-order valence-electron chi connectivity index (χ1n) is 6.39. The monoisotopic (exact) mass is 251 g/mol. The van der Waals surface area contributed by atoms with Gasteiger partial charge in [0, 0.05) is 19.6 Å². The number of β-amino-alcohol motifs (C(OH)–C–C–N with tert-alkyl or cyclic N) is 2. The van der Waals surface area contributed by atoms with E-state index < -0.39 is 18.3 Å². The maximum Gasteiger partial charge on any atom is 0.108 e. The smallest absolute Gasteiger partial charge is 0.108 e. The van der Waals surface area contributed by atoms with E-state index in [2.05, 4.69) is 19.1 Å². The molecule has 1 aromatic carbocycles. The van der Waals surface area contributed by atoms with Crippen molar-refractivity contribution in [2.24, 2.45) is 0 Å². The van der Waals surface area contributed by atoms with Gasteiger partial charge in [-0.2, -0.15) is 0 Å². The molecular formula is C14H21NO3. The highest BCUT2D eigenvalue weighted by Crippen LogP contribution is 2.19. The molecule has 4 nitrogen and oxygen atoms in total. The summed E-state index contributed by atoms with van der Waals surface area (Å²) in [5.41, 5.74) is 1.24. The lowest BCUT2D eigenvalue weighted by atomic mass is 9.97. The third-order valence-electron chi connectivity index (χ3n) is 3.58. The number of likely N-dealkylation sites (tertiary alicyclic amines) is 1. The third-order valence-corrected chi connectivity index (χ3v) is 3.58. The number of hydrogen-bond acceptors (Lipinski definition) is 4. The van der Waals surface area contributed by atoms with Crippen molar-refractivity contribution in [1.82, 2.24) is 4.90 Å². The standard InChI is InChI=1S/C14H21NO3/c1-10(11-5-3-2-4-6-11)7-15-8-12(16)14(18)13(17)9-15/h2-6,10,12-14,16-18H,7-9H2,1H3/t10-,12-,13+,14+/m0/s1. The minimum absolute atomic E-state index is 0.334. The van der Waals surface area contributed by atoms with Crippen molar-refractivity contribution in [3.05, 3.63) is 35.9 Å². The van der Waals surface area contributed by atoms with Crippen LogP contribution in [-0.2, 0) is 0 Å². The van der Waals surface area contributed by atoms with E-state index in [4.69, 9.17) is 0 Å². The van der Waals surface area contributed by atoms with Gasteiger partial charge >= 0.3 is 0 Å². The van der Waals surface area contributed by atoms with Crippen molar-refractivity contribution in [1.29, 1.82) is 0 Å².